The molecule has 0 radical (unpaired) electrons. The van der Waals surface area contributed by atoms with Crippen LogP contribution in [-0.2, 0) is 6.54 Å². The van der Waals surface area contributed by atoms with Crippen LogP contribution in [0.5, 0.6) is 0 Å². The number of carbonyl (C=O) groups is 1. The van der Waals surface area contributed by atoms with Crippen LogP contribution in [0, 0.1) is 18.8 Å². The molecule has 1 aromatic carbocycles. The van der Waals surface area contributed by atoms with E-state index in [-0.39, 0.29) is 5.91 Å². The summed E-state index contributed by atoms with van der Waals surface area (Å²) >= 11 is 7.51. The lowest BCUT2D eigenvalue weighted by atomic mass is 10.1. The van der Waals surface area contributed by atoms with Crippen molar-refractivity contribution in [2.75, 3.05) is 6.54 Å². The van der Waals surface area contributed by atoms with Crippen molar-refractivity contribution in [2.24, 2.45) is 5.73 Å². The van der Waals surface area contributed by atoms with Crippen molar-refractivity contribution in [3.8, 4) is 11.8 Å². The normalized spacial score (nSPS) is 9.86. The molecule has 1 amide bonds. The second kappa shape index (κ2) is 7.28. The molecule has 0 saturated carbocycles. The first kappa shape index (κ1) is 15.6. The molecule has 0 aliphatic heterocycles. The zero-order valence-electron chi connectivity index (χ0n) is 11.6. The summed E-state index contributed by atoms with van der Waals surface area (Å²) in [5.74, 6) is 5.64. The molecule has 0 spiro atoms. The highest BCUT2D eigenvalue weighted by molar-refractivity contribution is 7.12. The Balaban J connectivity index is 1.99. The SMILES string of the molecule is Cc1cc(Cl)cc(C(=O)NCc2ccc(C#CCN)s2)c1. The molecule has 1 heterocycles. The van der Waals surface area contributed by atoms with Crippen molar-refractivity contribution >= 4 is 28.8 Å². The Labute approximate surface area is 133 Å². The number of nitrogens with two attached hydrogens (primary N) is 1. The number of thiophene rings is 1. The standard InChI is InChI=1S/C16H15ClN2OS/c1-11-7-12(9-13(17)8-11)16(20)19-10-15-5-4-14(21-15)3-2-6-18/h4-5,7-9H,6,10,18H2,1H3,(H,19,20). The van der Waals surface area contributed by atoms with E-state index in [4.69, 9.17) is 17.3 Å². The smallest absolute Gasteiger partial charge is 0.251 e. The lowest BCUT2D eigenvalue weighted by Gasteiger charge is -2.05. The Bertz CT molecular complexity index is 692. The van der Waals surface area contributed by atoms with Crippen LogP contribution in [0.4, 0.5) is 0 Å². The van der Waals surface area contributed by atoms with Crippen LogP contribution in [0.3, 0.4) is 0 Å². The summed E-state index contributed by atoms with van der Waals surface area (Å²) in [7, 11) is 0. The zero-order chi connectivity index (χ0) is 15.2. The fourth-order valence-electron chi connectivity index (χ4n) is 1.82. The second-order valence-electron chi connectivity index (χ2n) is 4.47. The summed E-state index contributed by atoms with van der Waals surface area (Å²) in [6.07, 6.45) is 0. The predicted molar refractivity (Wildman–Crippen MR) is 87.6 cm³/mol. The molecule has 0 saturated heterocycles. The molecule has 0 aliphatic carbocycles. The molecule has 1 aromatic heterocycles. The van der Waals surface area contributed by atoms with E-state index in [9.17, 15) is 4.79 Å². The largest absolute Gasteiger partial charge is 0.347 e. The maximum atomic E-state index is 12.1. The number of aryl methyl sites for hydroxylation is 1. The van der Waals surface area contributed by atoms with Crippen molar-refractivity contribution in [2.45, 2.75) is 13.5 Å². The van der Waals surface area contributed by atoms with Crippen LogP contribution in [0.1, 0.15) is 25.7 Å². The quantitative estimate of drug-likeness (QED) is 0.855. The summed E-state index contributed by atoms with van der Waals surface area (Å²) < 4.78 is 0. The minimum Gasteiger partial charge on any atom is -0.347 e. The van der Waals surface area contributed by atoms with Crippen molar-refractivity contribution < 1.29 is 4.79 Å². The van der Waals surface area contributed by atoms with Gasteiger partial charge in [-0.05, 0) is 42.8 Å². The van der Waals surface area contributed by atoms with Crippen LogP contribution in [-0.4, -0.2) is 12.5 Å². The average Bonchev–Trinajstić information content (AvgIpc) is 2.89. The van der Waals surface area contributed by atoms with Gasteiger partial charge in [0.2, 0.25) is 0 Å². The van der Waals surface area contributed by atoms with Crippen LogP contribution in [0.25, 0.3) is 0 Å². The number of benzene rings is 1. The van der Waals surface area contributed by atoms with E-state index in [2.05, 4.69) is 17.2 Å². The van der Waals surface area contributed by atoms with Crippen molar-refractivity contribution in [3.63, 3.8) is 0 Å². The summed E-state index contributed by atoms with van der Waals surface area (Å²) in [5, 5.41) is 3.44. The Hall–Kier alpha value is -1.80. The molecule has 0 unspecified atom stereocenters. The monoisotopic (exact) mass is 318 g/mol. The Morgan fingerprint density at radius 2 is 2.19 bits per heavy atom. The summed E-state index contributed by atoms with van der Waals surface area (Å²) in [6.45, 7) is 2.72. The highest BCUT2D eigenvalue weighted by atomic mass is 35.5. The second-order valence-corrected chi connectivity index (χ2v) is 6.08. The molecular formula is C16H15ClN2OS. The number of hydrogen-bond acceptors (Lipinski definition) is 3. The van der Waals surface area contributed by atoms with Gasteiger partial charge in [0.15, 0.2) is 0 Å². The van der Waals surface area contributed by atoms with Gasteiger partial charge >= 0.3 is 0 Å². The first-order valence-corrected chi connectivity index (χ1v) is 7.61. The van der Waals surface area contributed by atoms with Crippen LogP contribution >= 0.6 is 22.9 Å². The number of halogens is 1. The van der Waals surface area contributed by atoms with Gasteiger partial charge in [0, 0.05) is 15.5 Å². The molecule has 0 bridgehead atoms. The van der Waals surface area contributed by atoms with E-state index in [0.29, 0.717) is 23.7 Å². The summed E-state index contributed by atoms with van der Waals surface area (Å²) in [6, 6.07) is 9.18. The average molecular weight is 319 g/mol. The lowest BCUT2D eigenvalue weighted by molar-refractivity contribution is 0.0951. The molecule has 2 aromatic rings. The van der Waals surface area contributed by atoms with E-state index in [1.165, 1.54) is 0 Å². The van der Waals surface area contributed by atoms with Crippen LogP contribution < -0.4 is 11.1 Å². The number of rotatable bonds is 3. The van der Waals surface area contributed by atoms with Gasteiger partial charge in [-0.15, -0.1) is 11.3 Å². The zero-order valence-corrected chi connectivity index (χ0v) is 13.1. The van der Waals surface area contributed by atoms with Gasteiger partial charge in [-0.25, -0.2) is 0 Å². The van der Waals surface area contributed by atoms with Crippen molar-refractivity contribution in [1.29, 1.82) is 0 Å². The maximum Gasteiger partial charge on any atom is 0.251 e. The van der Waals surface area contributed by atoms with Gasteiger partial charge in [-0.1, -0.05) is 23.4 Å². The highest BCUT2D eigenvalue weighted by Gasteiger charge is 2.07. The van der Waals surface area contributed by atoms with Crippen LogP contribution in [0.15, 0.2) is 30.3 Å². The molecule has 3 N–H and O–H groups in total. The van der Waals surface area contributed by atoms with Crippen molar-refractivity contribution in [1.82, 2.24) is 5.32 Å². The molecule has 21 heavy (non-hydrogen) atoms. The van der Waals surface area contributed by atoms with E-state index < -0.39 is 0 Å². The third kappa shape index (κ3) is 4.61. The molecule has 5 heteroatoms. The molecule has 0 atom stereocenters. The van der Waals surface area contributed by atoms with Gasteiger partial charge < -0.3 is 11.1 Å². The van der Waals surface area contributed by atoms with E-state index in [1.807, 2.05) is 31.2 Å². The predicted octanol–water partition coefficient (Wildman–Crippen LogP) is 2.95. The fourth-order valence-corrected chi connectivity index (χ4v) is 2.93. The van der Waals surface area contributed by atoms with E-state index >= 15 is 0 Å². The van der Waals surface area contributed by atoms with Gasteiger partial charge in [0.05, 0.1) is 18.0 Å². The molecule has 108 valence electrons. The molecular weight excluding hydrogens is 304 g/mol. The molecule has 0 aliphatic rings. The van der Waals surface area contributed by atoms with E-state index in [0.717, 1.165) is 15.3 Å². The number of nitrogens with one attached hydrogen (secondary N) is 1. The van der Waals surface area contributed by atoms with Gasteiger partial charge in [-0.2, -0.15) is 0 Å². The fraction of sp³-hybridized carbons (Fsp3) is 0.188. The number of amides is 1. The topological polar surface area (TPSA) is 55.1 Å². The van der Waals surface area contributed by atoms with Gasteiger partial charge in [-0.3, -0.25) is 4.79 Å². The summed E-state index contributed by atoms with van der Waals surface area (Å²) in [5.41, 5.74) is 6.86. The number of carbonyl (C=O) groups excluding carboxylic acids is 1. The Morgan fingerprint density at radius 1 is 1.38 bits per heavy atom. The van der Waals surface area contributed by atoms with Crippen LogP contribution in [0.2, 0.25) is 5.02 Å². The Morgan fingerprint density at radius 3 is 2.90 bits per heavy atom. The third-order valence-corrected chi connectivity index (χ3v) is 3.92. The number of hydrogen-bond donors (Lipinski definition) is 2. The van der Waals surface area contributed by atoms with Crippen molar-refractivity contribution in [3.05, 3.63) is 56.2 Å². The molecule has 0 fully saturated rings. The molecule has 2 rings (SSSR count). The summed E-state index contributed by atoms with van der Waals surface area (Å²) in [4.78, 5) is 14.1. The van der Waals surface area contributed by atoms with Gasteiger partial charge in [0.1, 0.15) is 0 Å². The Kier molecular flexibility index (Phi) is 5.40. The first-order chi connectivity index (χ1) is 10.1. The third-order valence-electron chi connectivity index (χ3n) is 2.70. The highest BCUT2D eigenvalue weighted by Crippen LogP contribution is 2.17. The first-order valence-electron chi connectivity index (χ1n) is 6.41. The maximum absolute atomic E-state index is 12.1. The lowest BCUT2D eigenvalue weighted by Crippen LogP contribution is -2.22. The molecule has 3 nitrogen and oxygen atoms in total. The van der Waals surface area contributed by atoms with E-state index in [1.54, 1.807) is 17.4 Å². The van der Waals surface area contributed by atoms with Gasteiger partial charge in [0.25, 0.3) is 5.91 Å². The minimum absolute atomic E-state index is 0.136. The minimum atomic E-state index is -0.136.